The number of hydrogen-bond acceptors (Lipinski definition) is 2. The van der Waals surface area contributed by atoms with Crippen LogP contribution in [0.1, 0.15) is 27.9 Å². The second-order valence-electron chi connectivity index (χ2n) is 5.31. The largest absolute Gasteiger partial charge is 0.314 e. The van der Waals surface area contributed by atoms with E-state index in [0.717, 1.165) is 12.2 Å². The van der Waals surface area contributed by atoms with Crippen molar-refractivity contribution in [3.63, 3.8) is 0 Å². The third kappa shape index (κ3) is 2.43. The zero-order valence-corrected chi connectivity index (χ0v) is 12.8. The molecule has 0 fully saturated rings. The van der Waals surface area contributed by atoms with Gasteiger partial charge < -0.3 is 5.32 Å². The van der Waals surface area contributed by atoms with Gasteiger partial charge in [0.1, 0.15) is 0 Å². The Morgan fingerprint density at radius 2 is 1.63 bits per heavy atom. The highest BCUT2D eigenvalue weighted by Gasteiger charge is 2.14. The van der Waals surface area contributed by atoms with E-state index < -0.39 is 0 Å². The Hall–Kier alpha value is -1.61. The van der Waals surface area contributed by atoms with Crippen molar-refractivity contribution in [1.29, 1.82) is 0 Å². The maximum atomic E-state index is 4.68. The molecule has 1 aromatic heterocycles. The zero-order valence-electron chi connectivity index (χ0n) is 12.8. The molecular weight excluding hydrogens is 234 g/mol. The van der Waals surface area contributed by atoms with E-state index in [1.54, 1.807) is 0 Å². The van der Waals surface area contributed by atoms with Crippen LogP contribution in [0.5, 0.6) is 0 Å². The molecule has 0 saturated heterocycles. The van der Waals surface area contributed by atoms with Crippen molar-refractivity contribution in [3.05, 3.63) is 40.1 Å². The van der Waals surface area contributed by atoms with Gasteiger partial charge in [0.2, 0.25) is 0 Å². The normalized spacial score (nSPS) is 11.1. The van der Waals surface area contributed by atoms with Crippen LogP contribution in [-0.4, -0.2) is 16.8 Å². The molecule has 1 aromatic carbocycles. The van der Waals surface area contributed by atoms with Crippen LogP contribution >= 0.6 is 0 Å². The topological polar surface area (TPSA) is 29.9 Å². The highest BCUT2D eigenvalue weighted by Crippen LogP contribution is 2.31. The van der Waals surface area contributed by atoms with E-state index in [0.29, 0.717) is 0 Å². The average molecular weight is 257 g/mol. The average Bonchev–Trinajstić information content (AvgIpc) is 2.69. The number of nitrogens with one attached hydrogen (secondary N) is 1. The Labute approximate surface area is 115 Å². The molecule has 0 atom stereocenters. The first kappa shape index (κ1) is 13.8. The molecule has 0 radical (unpaired) electrons. The summed E-state index contributed by atoms with van der Waals surface area (Å²) in [5.41, 5.74) is 8.90. The van der Waals surface area contributed by atoms with Gasteiger partial charge in [-0.05, 0) is 63.1 Å². The van der Waals surface area contributed by atoms with E-state index in [1.165, 1.54) is 33.5 Å². The number of hydrogen-bond donors (Lipinski definition) is 1. The number of nitrogens with zero attached hydrogens (tertiary/aromatic N) is 2. The molecule has 0 bridgehead atoms. The van der Waals surface area contributed by atoms with Crippen molar-refractivity contribution in [3.8, 4) is 11.3 Å². The predicted molar refractivity (Wildman–Crippen MR) is 80.4 cm³/mol. The summed E-state index contributed by atoms with van der Waals surface area (Å²) in [4.78, 5) is 0. The molecule has 102 valence electrons. The van der Waals surface area contributed by atoms with E-state index in [-0.39, 0.29) is 0 Å². The van der Waals surface area contributed by atoms with Crippen LogP contribution in [0.25, 0.3) is 11.3 Å². The molecule has 3 heteroatoms. The third-order valence-corrected chi connectivity index (χ3v) is 3.96. The summed E-state index contributed by atoms with van der Waals surface area (Å²) in [7, 11) is 3.96. The Balaban J connectivity index is 2.62. The lowest BCUT2D eigenvalue weighted by atomic mass is 9.92. The van der Waals surface area contributed by atoms with Gasteiger partial charge in [0.05, 0.1) is 11.4 Å². The first-order chi connectivity index (χ1) is 8.95. The molecule has 0 saturated carbocycles. The minimum atomic E-state index is 0.840. The van der Waals surface area contributed by atoms with Gasteiger partial charge in [-0.2, -0.15) is 5.10 Å². The van der Waals surface area contributed by atoms with Crippen LogP contribution in [-0.2, 0) is 13.6 Å². The fourth-order valence-electron chi connectivity index (χ4n) is 2.58. The highest BCUT2D eigenvalue weighted by molar-refractivity contribution is 5.70. The fraction of sp³-hybridized carbons (Fsp3) is 0.438. The first-order valence-electron chi connectivity index (χ1n) is 6.71. The van der Waals surface area contributed by atoms with Crippen molar-refractivity contribution in [2.24, 2.45) is 7.05 Å². The van der Waals surface area contributed by atoms with Gasteiger partial charge in [-0.15, -0.1) is 0 Å². The van der Waals surface area contributed by atoms with Crippen molar-refractivity contribution in [2.75, 3.05) is 7.05 Å². The van der Waals surface area contributed by atoms with E-state index in [9.17, 15) is 0 Å². The summed E-state index contributed by atoms with van der Waals surface area (Å²) in [6.45, 7) is 9.55. The number of aromatic nitrogens is 2. The molecule has 1 heterocycles. The smallest absolute Gasteiger partial charge is 0.0931 e. The molecular formula is C16H23N3. The Bertz CT molecular complexity index is 583. The monoisotopic (exact) mass is 257 g/mol. The van der Waals surface area contributed by atoms with E-state index >= 15 is 0 Å². The second-order valence-corrected chi connectivity index (χ2v) is 5.31. The SMILES string of the molecule is CNCc1cc(-c2c(C)c(C)cc(C)c2C)nn1C. The van der Waals surface area contributed by atoms with Crippen LogP contribution in [0.15, 0.2) is 12.1 Å². The Kier molecular flexibility index (Phi) is 3.76. The van der Waals surface area contributed by atoms with E-state index in [4.69, 9.17) is 0 Å². The lowest BCUT2D eigenvalue weighted by Gasteiger charge is -2.13. The quantitative estimate of drug-likeness (QED) is 0.916. The van der Waals surface area contributed by atoms with Gasteiger partial charge in [0.15, 0.2) is 0 Å². The van der Waals surface area contributed by atoms with Crippen molar-refractivity contribution in [1.82, 2.24) is 15.1 Å². The van der Waals surface area contributed by atoms with Crippen LogP contribution in [0.2, 0.25) is 0 Å². The standard InChI is InChI=1S/C16H23N3/c1-10-7-11(2)13(4)16(12(10)3)15-8-14(9-17-5)19(6)18-15/h7-8,17H,9H2,1-6H3. The second kappa shape index (κ2) is 5.17. The molecule has 2 rings (SSSR count). The van der Waals surface area contributed by atoms with E-state index in [2.05, 4.69) is 50.2 Å². The molecule has 3 nitrogen and oxygen atoms in total. The summed E-state index contributed by atoms with van der Waals surface area (Å²) in [6, 6.07) is 4.44. The van der Waals surface area contributed by atoms with Crippen molar-refractivity contribution < 1.29 is 0 Å². The minimum absolute atomic E-state index is 0.840. The molecule has 0 aliphatic carbocycles. The highest BCUT2D eigenvalue weighted by atomic mass is 15.3. The maximum absolute atomic E-state index is 4.68. The molecule has 0 aliphatic rings. The lowest BCUT2D eigenvalue weighted by Crippen LogP contribution is -2.09. The van der Waals surface area contributed by atoms with Crippen LogP contribution < -0.4 is 5.32 Å². The maximum Gasteiger partial charge on any atom is 0.0931 e. The van der Waals surface area contributed by atoms with Crippen molar-refractivity contribution >= 4 is 0 Å². The molecule has 0 aliphatic heterocycles. The Morgan fingerprint density at radius 1 is 1.05 bits per heavy atom. The minimum Gasteiger partial charge on any atom is -0.314 e. The van der Waals surface area contributed by atoms with Gasteiger partial charge in [0, 0.05) is 19.2 Å². The zero-order chi connectivity index (χ0) is 14.2. The van der Waals surface area contributed by atoms with E-state index in [1.807, 2.05) is 18.8 Å². The molecule has 0 spiro atoms. The van der Waals surface area contributed by atoms with Gasteiger partial charge in [0.25, 0.3) is 0 Å². The molecule has 0 amide bonds. The summed E-state index contributed by atoms with van der Waals surface area (Å²) >= 11 is 0. The van der Waals surface area contributed by atoms with Gasteiger partial charge >= 0.3 is 0 Å². The van der Waals surface area contributed by atoms with Crippen LogP contribution in [0.4, 0.5) is 0 Å². The first-order valence-corrected chi connectivity index (χ1v) is 6.71. The summed E-state index contributed by atoms with van der Waals surface area (Å²) < 4.78 is 1.96. The van der Waals surface area contributed by atoms with Crippen LogP contribution in [0.3, 0.4) is 0 Å². The molecule has 19 heavy (non-hydrogen) atoms. The number of aryl methyl sites for hydroxylation is 3. The number of rotatable bonds is 3. The summed E-state index contributed by atoms with van der Waals surface area (Å²) in [5.74, 6) is 0. The predicted octanol–water partition coefficient (Wildman–Crippen LogP) is 3.04. The van der Waals surface area contributed by atoms with Gasteiger partial charge in [-0.1, -0.05) is 6.07 Å². The van der Waals surface area contributed by atoms with Crippen molar-refractivity contribution in [2.45, 2.75) is 34.2 Å². The van der Waals surface area contributed by atoms with Crippen LogP contribution in [0, 0.1) is 27.7 Å². The van der Waals surface area contributed by atoms with Gasteiger partial charge in [-0.25, -0.2) is 0 Å². The number of benzene rings is 1. The summed E-state index contributed by atoms with van der Waals surface area (Å²) in [6.07, 6.45) is 0. The Morgan fingerprint density at radius 3 is 2.16 bits per heavy atom. The molecule has 1 N–H and O–H groups in total. The lowest BCUT2D eigenvalue weighted by molar-refractivity contribution is 0.673. The molecule has 2 aromatic rings. The van der Waals surface area contributed by atoms with Gasteiger partial charge in [-0.3, -0.25) is 4.68 Å². The third-order valence-electron chi connectivity index (χ3n) is 3.96. The fourth-order valence-corrected chi connectivity index (χ4v) is 2.58. The molecule has 0 unspecified atom stereocenters. The summed E-state index contributed by atoms with van der Waals surface area (Å²) in [5, 5.41) is 7.86.